The number of likely N-dealkylation sites (tertiary alicyclic amines) is 1. The summed E-state index contributed by atoms with van der Waals surface area (Å²) in [5.74, 6) is 0.0704. The van der Waals surface area contributed by atoms with E-state index in [2.05, 4.69) is 33.9 Å². The zero-order chi connectivity index (χ0) is 23.2. The van der Waals surface area contributed by atoms with Gasteiger partial charge in [0.1, 0.15) is 5.60 Å². The Bertz CT molecular complexity index is 604. The number of amides is 1. The van der Waals surface area contributed by atoms with E-state index in [1.807, 2.05) is 26.8 Å². The van der Waals surface area contributed by atoms with Crippen molar-refractivity contribution in [3.63, 3.8) is 0 Å². The van der Waals surface area contributed by atoms with Crippen LogP contribution in [0.3, 0.4) is 0 Å². The molecular weight excluding hydrogens is 398 g/mol. The maximum Gasteiger partial charge on any atom is 0.410 e. The lowest BCUT2D eigenvalue weighted by molar-refractivity contribution is -0.137. The molecule has 30 heavy (non-hydrogen) atoms. The first-order valence-electron chi connectivity index (χ1n) is 11.1. The summed E-state index contributed by atoms with van der Waals surface area (Å²) in [4.78, 5) is 26.1. The Balaban J connectivity index is 2.81. The van der Waals surface area contributed by atoms with Crippen molar-refractivity contribution in [3.05, 3.63) is 12.2 Å². The van der Waals surface area contributed by atoms with Gasteiger partial charge in [0, 0.05) is 25.8 Å². The molecule has 1 rings (SSSR count). The molecule has 1 aliphatic rings. The first-order valence-corrected chi connectivity index (χ1v) is 14.0. The third-order valence-electron chi connectivity index (χ3n) is 5.98. The fourth-order valence-electron chi connectivity index (χ4n) is 3.17. The molecule has 0 aromatic rings. The van der Waals surface area contributed by atoms with Gasteiger partial charge in [-0.15, -0.1) is 0 Å². The molecule has 1 aliphatic heterocycles. The van der Waals surface area contributed by atoms with Crippen molar-refractivity contribution in [2.24, 2.45) is 11.8 Å². The predicted molar refractivity (Wildman–Crippen MR) is 123 cm³/mol. The molecule has 2 atom stereocenters. The minimum absolute atomic E-state index is 0.0682. The first-order chi connectivity index (χ1) is 13.7. The highest BCUT2D eigenvalue weighted by molar-refractivity contribution is 6.74. The number of nitrogens with zero attached hydrogens (tertiary/aromatic N) is 1. The van der Waals surface area contributed by atoms with E-state index in [9.17, 15) is 9.59 Å². The second-order valence-corrected chi connectivity index (χ2v) is 15.5. The lowest BCUT2D eigenvalue weighted by Gasteiger charge is -2.39. The van der Waals surface area contributed by atoms with E-state index < -0.39 is 13.9 Å². The van der Waals surface area contributed by atoms with Gasteiger partial charge in [0.15, 0.2) is 8.32 Å². The topological polar surface area (TPSA) is 65.1 Å². The molecule has 1 heterocycles. The highest BCUT2D eigenvalue weighted by atomic mass is 28.4. The van der Waals surface area contributed by atoms with Gasteiger partial charge in [-0.05, 0) is 70.5 Å². The lowest BCUT2D eigenvalue weighted by Crippen LogP contribution is -2.46. The van der Waals surface area contributed by atoms with Crippen LogP contribution in [0.4, 0.5) is 4.79 Å². The largest absolute Gasteiger partial charge is 0.463 e. The molecule has 7 heteroatoms. The molecular formula is C23H43NO5Si. The van der Waals surface area contributed by atoms with Crippen molar-refractivity contribution in [2.75, 3.05) is 26.3 Å². The maximum absolute atomic E-state index is 12.5. The van der Waals surface area contributed by atoms with Crippen molar-refractivity contribution in [3.8, 4) is 0 Å². The van der Waals surface area contributed by atoms with E-state index in [0.29, 0.717) is 32.2 Å². The fourth-order valence-corrected chi connectivity index (χ4v) is 4.23. The molecule has 0 N–H and O–H groups in total. The molecule has 174 valence electrons. The minimum atomic E-state index is -1.79. The van der Waals surface area contributed by atoms with Crippen molar-refractivity contribution in [1.29, 1.82) is 0 Å². The van der Waals surface area contributed by atoms with Crippen LogP contribution in [0.25, 0.3) is 0 Å². The Morgan fingerprint density at radius 2 is 1.77 bits per heavy atom. The van der Waals surface area contributed by atoms with Crippen molar-refractivity contribution in [2.45, 2.75) is 85.0 Å². The maximum atomic E-state index is 12.5. The van der Waals surface area contributed by atoms with Crippen LogP contribution in [0.2, 0.25) is 18.1 Å². The number of hydrogen-bond donors (Lipinski definition) is 0. The zero-order valence-corrected chi connectivity index (χ0v) is 21.5. The molecule has 1 fully saturated rings. The highest BCUT2D eigenvalue weighted by Crippen LogP contribution is 2.37. The van der Waals surface area contributed by atoms with E-state index in [0.717, 1.165) is 12.8 Å². The molecule has 1 saturated heterocycles. The van der Waals surface area contributed by atoms with Gasteiger partial charge in [0.25, 0.3) is 0 Å². The van der Waals surface area contributed by atoms with Crippen LogP contribution in [0.15, 0.2) is 12.2 Å². The first kappa shape index (κ1) is 26.7. The van der Waals surface area contributed by atoms with Crippen LogP contribution in [0.1, 0.15) is 61.3 Å². The Kier molecular flexibility index (Phi) is 9.61. The van der Waals surface area contributed by atoms with Crippen molar-refractivity contribution >= 4 is 20.4 Å². The van der Waals surface area contributed by atoms with Crippen LogP contribution in [-0.4, -0.2) is 57.2 Å². The lowest BCUT2D eigenvalue weighted by atomic mass is 9.83. The zero-order valence-electron chi connectivity index (χ0n) is 20.5. The van der Waals surface area contributed by atoms with Crippen LogP contribution < -0.4 is 0 Å². The summed E-state index contributed by atoms with van der Waals surface area (Å²) in [5.41, 5.74) is -0.527. The summed E-state index contributed by atoms with van der Waals surface area (Å²) in [5, 5.41) is 0.177. The van der Waals surface area contributed by atoms with Crippen molar-refractivity contribution in [1.82, 2.24) is 4.90 Å². The number of esters is 1. The minimum Gasteiger partial charge on any atom is -0.463 e. The Labute approximate surface area is 184 Å². The number of ether oxygens (including phenoxy) is 2. The average Bonchev–Trinajstić information content (AvgIpc) is 2.58. The second kappa shape index (κ2) is 10.8. The third kappa shape index (κ3) is 8.80. The van der Waals surface area contributed by atoms with Gasteiger partial charge in [-0.1, -0.05) is 26.8 Å². The molecule has 6 nitrogen and oxygen atoms in total. The molecule has 0 aromatic heterocycles. The SMILES string of the molecule is CCOC(=O)/C=C/[C@@H]1CN(C(=O)OC(C)(C)C)CC[C@H]1CCO[Si](C)(C)C(C)(C)C. The Morgan fingerprint density at radius 1 is 1.13 bits per heavy atom. The van der Waals surface area contributed by atoms with Gasteiger partial charge < -0.3 is 18.8 Å². The number of carbonyl (C=O) groups is 2. The van der Waals surface area contributed by atoms with Crippen LogP contribution in [0, 0.1) is 11.8 Å². The van der Waals surface area contributed by atoms with Gasteiger partial charge in [0.05, 0.1) is 6.61 Å². The monoisotopic (exact) mass is 441 g/mol. The molecule has 0 spiro atoms. The van der Waals surface area contributed by atoms with E-state index in [1.165, 1.54) is 6.08 Å². The molecule has 0 aromatic carbocycles. The van der Waals surface area contributed by atoms with Gasteiger partial charge in [0.2, 0.25) is 0 Å². The quantitative estimate of drug-likeness (QED) is 0.301. The summed E-state index contributed by atoms with van der Waals surface area (Å²) < 4.78 is 16.9. The Morgan fingerprint density at radius 3 is 2.30 bits per heavy atom. The average molecular weight is 442 g/mol. The molecule has 0 unspecified atom stereocenters. The predicted octanol–water partition coefficient (Wildman–Crippen LogP) is 5.39. The normalized spacial score (nSPS) is 21.0. The van der Waals surface area contributed by atoms with Crippen LogP contribution >= 0.6 is 0 Å². The molecule has 0 radical (unpaired) electrons. The third-order valence-corrected chi connectivity index (χ3v) is 10.5. The molecule has 0 aliphatic carbocycles. The van der Waals surface area contributed by atoms with Crippen molar-refractivity contribution < 1.29 is 23.5 Å². The molecule has 0 bridgehead atoms. The Hall–Kier alpha value is -1.34. The standard InChI is InChI=1S/C23H43NO5Si/c1-10-27-20(25)12-11-19-17-24(21(26)29-22(2,3)4)15-13-18(19)14-16-28-30(8,9)23(5,6)7/h11-12,18-19H,10,13-17H2,1-9H3/b12-11+/t18-,19+/m0/s1. The highest BCUT2D eigenvalue weighted by Gasteiger charge is 2.38. The molecule has 1 amide bonds. The summed E-state index contributed by atoms with van der Waals surface area (Å²) in [7, 11) is -1.79. The van der Waals surface area contributed by atoms with Crippen LogP contribution in [0.5, 0.6) is 0 Å². The summed E-state index contributed by atoms with van der Waals surface area (Å²) >= 11 is 0. The van der Waals surface area contributed by atoms with E-state index in [1.54, 1.807) is 11.8 Å². The number of hydrogen-bond acceptors (Lipinski definition) is 5. The van der Waals surface area contributed by atoms with Gasteiger partial charge in [-0.2, -0.15) is 0 Å². The second-order valence-electron chi connectivity index (χ2n) is 10.6. The van der Waals surface area contributed by atoms with Gasteiger partial charge >= 0.3 is 12.1 Å². The smallest absolute Gasteiger partial charge is 0.410 e. The number of piperidine rings is 1. The van der Waals surface area contributed by atoms with Gasteiger partial charge in [-0.3, -0.25) is 0 Å². The number of rotatable bonds is 7. The summed E-state index contributed by atoms with van der Waals surface area (Å²) in [6, 6.07) is 0. The van der Waals surface area contributed by atoms with Gasteiger partial charge in [-0.25, -0.2) is 9.59 Å². The van der Waals surface area contributed by atoms with Crippen LogP contribution in [-0.2, 0) is 18.7 Å². The summed E-state index contributed by atoms with van der Waals surface area (Å²) in [6.07, 6.45) is 4.86. The van der Waals surface area contributed by atoms with E-state index >= 15 is 0 Å². The number of carbonyl (C=O) groups excluding carboxylic acids is 2. The fraction of sp³-hybridized carbons (Fsp3) is 0.826. The molecule has 0 saturated carbocycles. The summed E-state index contributed by atoms with van der Waals surface area (Å²) in [6.45, 7) is 20.9. The van der Waals surface area contributed by atoms with E-state index in [-0.39, 0.29) is 23.0 Å². The van der Waals surface area contributed by atoms with E-state index in [4.69, 9.17) is 13.9 Å².